The molecular formula is C60H39NO. The molecule has 0 aliphatic heterocycles. The maximum Gasteiger partial charge on any atom is 0.137 e. The van der Waals surface area contributed by atoms with Crippen molar-refractivity contribution in [3.63, 3.8) is 0 Å². The summed E-state index contributed by atoms with van der Waals surface area (Å²) in [7, 11) is 0. The minimum atomic E-state index is 0.878. The smallest absolute Gasteiger partial charge is 0.137 e. The summed E-state index contributed by atoms with van der Waals surface area (Å²) in [6.45, 7) is 0. The SMILES string of the molecule is c1ccc(-c2cc(-c3ccccc3)cc(-c3cc(-c4cc(-c5ccccc5)ccc4-c4ccccc4)ccc3-n3c4ccccc4c4cc5c(cc43)oc3ccccc35)c2)cc1. The number of para-hydroxylation sites is 2. The van der Waals surface area contributed by atoms with Gasteiger partial charge in [0.25, 0.3) is 0 Å². The number of rotatable bonds is 7. The van der Waals surface area contributed by atoms with Gasteiger partial charge in [-0.15, -0.1) is 0 Å². The Labute approximate surface area is 360 Å². The third kappa shape index (κ3) is 6.12. The number of hydrogen-bond donors (Lipinski definition) is 0. The second kappa shape index (κ2) is 14.8. The van der Waals surface area contributed by atoms with Crippen molar-refractivity contribution < 1.29 is 4.42 Å². The lowest BCUT2D eigenvalue weighted by atomic mass is 9.88. The summed E-state index contributed by atoms with van der Waals surface area (Å²) in [5, 5.41) is 4.65. The first-order chi connectivity index (χ1) is 30.7. The second-order valence-corrected chi connectivity index (χ2v) is 16.1. The Bertz CT molecular complexity index is 3540. The number of fused-ring (bicyclic) bond motifs is 6. The van der Waals surface area contributed by atoms with Crippen molar-refractivity contribution in [2.24, 2.45) is 0 Å². The van der Waals surface area contributed by atoms with Crippen LogP contribution in [0.15, 0.2) is 241 Å². The first kappa shape index (κ1) is 35.7. The number of furan rings is 1. The van der Waals surface area contributed by atoms with Crippen LogP contribution in [0.3, 0.4) is 0 Å². The van der Waals surface area contributed by atoms with Crippen LogP contribution in [0.25, 0.3) is 116 Å². The Morgan fingerprint density at radius 3 is 1.45 bits per heavy atom. The second-order valence-electron chi connectivity index (χ2n) is 16.1. The van der Waals surface area contributed by atoms with E-state index >= 15 is 0 Å². The fourth-order valence-electron chi connectivity index (χ4n) is 9.42. The summed E-state index contributed by atoms with van der Waals surface area (Å²) in [4.78, 5) is 0. The average Bonchev–Trinajstić information content (AvgIpc) is 3.88. The van der Waals surface area contributed by atoms with E-state index in [9.17, 15) is 0 Å². The monoisotopic (exact) mass is 789 g/mol. The summed E-state index contributed by atoms with van der Waals surface area (Å²) in [5.74, 6) is 0. The van der Waals surface area contributed by atoms with Gasteiger partial charge in [0.1, 0.15) is 11.2 Å². The minimum absolute atomic E-state index is 0.878. The van der Waals surface area contributed by atoms with E-state index in [1.807, 2.05) is 6.07 Å². The molecule has 0 atom stereocenters. The largest absolute Gasteiger partial charge is 0.456 e. The van der Waals surface area contributed by atoms with Crippen molar-refractivity contribution in [3.05, 3.63) is 237 Å². The van der Waals surface area contributed by atoms with E-state index in [0.717, 1.165) is 55.3 Å². The molecule has 0 spiro atoms. The fraction of sp³-hybridized carbons (Fsp3) is 0. The van der Waals surface area contributed by atoms with Gasteiger partial charge in [0, 0.05) is 33.2 Å². The van der Waals surface area contributed by atoms with E-state index in [-0.39, 0.29) is 0 Å². The van der Waals surface area contributed by atoms with Crippen molar-refractivity contribution in [1.29, 1.82) is 0 Å². The lowest BCUT2D eigenvalue weighted by molar-refractivity contribution is 0.669. The predicted octanol–water partition coefficient (Wildman–Crippen LogP) is 16.7. The molecule has 0 fully saturated rings. The summed E-state index contributed by atoms with van der Waals surface area (Å²) in [5.41, 5.74) is 19.1. The van der Waals surface area contributed by atoms with Crippen molar-refractivity contribution in [2.45, 2.75) is 0 Å². The molecule has 2 nitrogen and oxygen atoms in total. The van der Waals surface area contributed by atoms with Gasteiger partial charge in [-0.1, -0.05) is 176 Å². The van der Waals surface area contributed by atoms with Gasteiger partial charge in [-0.25, -0.2) is 0 Å². The molecule has 0 N–H and O–H groups in total. The van der Waals surface area contributed by atoms with Crippen LogP contribution in [0, 0.1) is 0 Å². The molecular weight excluding hydrogens is 751 g/mol. The molecule has 12 aromatic rings. The third-order valence-corrected chi connectivity index (χ3v) is 12.4. The van der Waals surface area contributed by atoms with Crippen molar-refractivity contribution in [2.75, 3.05) is 0 Å². The first-order valence-electron chi connectivity index (χ1n) is 21.2. The van der Waals surface area contributed by atoms with Gasteiger partial charge >= 0.3 is 0 Å². The Morgan fingerprint density at radius 1 is 0.242 bits per heavy atom. The predicted molar refractivity (Wildman–Crippen MR) is 261 cm³/mol. The summed E-state index contributed by atoms with van der Waals surface area (Å²) in [6.07, 6.45) is 0. The van der Waals surface area contributed by atoms with Crippen LogP contribution in [-0.2, 0) is 0 Å². The molecule has 2 heteroatoms. The van der Waals surface area contributed by atoms with E-state index in [0.29, 0.717) is 0 Å². The van der Waals surface area contributed by atoms with Crippen LogP contribution in [0.1, 0.15) is 0 Å². The van der Waals surface area contributed by atoms with Gasteiger partial charge in [-0.3, -0.25) is 0 Å². The van der Waals surface area contributed by atoms with Crippen LogP contribution in [0.5, 0.6) is 0 Å². The van der Waals surface area contributed by atoms with Gasteiger partial charge < -0.3 is 8.98 Å². The highest BCUT2D eigenvalue weighted by molar-refractivity contribution is 6.17. The van der Waals surface area contributed by atoms with Crippen molar-refractivity contribution in [1.82, 2.24) is 4.57 Å². The molecule has 10 aromatic carbocycles. The molecule has 0 amide bonds. The number of benzene rings is 10. The van der Waals surface area contributed by atoms with Crippen LogP contribution in [0.2, 0.25) is 0 Å². The molecule has 2 aromatic heterocycles. The quantitative estimate of drug-likeness (QED) is 0.157. The van der Waals surface area contributed by atoms with Crippen molar-refractivity contribution in [3.8, 4) is 72.4 Å². The standard InChI is InChI=1S/C60H39NO/c1-5-17-40(18-6-1)44-29-31-49(43-23-11-4-12-24-43)52(36-44)45-30-32-57(53(37-45)48-34-46(41-19-7-2-8-20-41)33-47(35-48)42-21-9-3-10-22-42)61-56-27-15-13-25-50(56)54-38-55-51-26-14-16-28-59(51)62-60(55)39-58(54)61/h1-39H. The van der Waals surface area contributed by atoms with E-state index < -0.39 is 0 Å². The highest BCUT2D eigenvalue weighted by Crippen LogP contribution is 2.44. The van der Waals surface area contributed by atoms with E-state index in [1.165, 1.54) is 60.8 Å². The molecule has 0 bridgehead atoms. The number of hydrogen-bond acceptors (Lipinski definition) is 1. The molecule has 290 valence electrons. The van der Waals surface area contributed by atoms with Crippen LogP contribution < -0.4 is 0 Å². The molecule has 0 aliphatic rings. The topological polar surface area (TPSA) is 18.1 Å². The van der Waals surface area contributed by atoms with Crippen LogP contribution in [-0.4, -0.2) is 4.57 Å². The molecule has 0 saturated heterocycles. The summed E-state index contributed by atoms with van der Waals surface area (Å²) in [6, 6.07) is 85.7. The molecule has 0 unspecified atom stereocenters. The Balaban J connectivity index is 1.18. The average molecular weight is 790 g/mol. The molecule has 2 heterocycles. The van der Waals surface area contributed by atoms with Gasteiger partial charge in [-0.05, 0) is 116 Å². The molecule has 62 heavy (non-hydrogen) atoms. The Kier molecular flexibility index (Phi) is 8.53. The molecule has 0 aliphatic carbocycles. The van der Waals surface area contributed by atoms with E-state index in [4.69, 9.17) is 4.42 Å². The van der Waals surface area contributed by atoms with E-state index in [1.54, 1.807) is 0 Å². The van der Waals surface area contributed by atoms with Crippen LogP contribution >= 0.6 is 0 Å². The molecule has 12 rings (SSSR count). The van der Waals surface area contributed by atoms with Gasteiger partial charge in [0.05, 0.1) is 16.7 Å². The lowest BCUT2D eigenvalue weighted by Crippen LogP contribution is -1.99. The maximum atomic E-state index is 6.56. The number of aromatic nitrogens is 1. The first-order valence-corrected chi connectivity index (χ1v) is 21.2. The third-order valence-electron chi connectivity index (χ3n) is 12.4. The van der Waals surface area contributed by atoms with Gasteiger partial charge in [-0.2, -0.15) is 0 Å². The van der Waals surface area contributed by atoms with Gasteiger partial charge in [0.2, 0.25) is 0 Å². The zero-order valence-electron chi connectivity index (χ0n) is 33.9. The highest BCUT2D eigenvalue weighted by atomic mass is 16.3. The number of nitrogens with zero attached hydrogens (tertiary/aromatic N) is 1. The molecule has 0 saturated carbocycles. The minimum Gasteiger partial charge on any atom is -0.456 e. The van der Waals surface area contributed by atoms with Crippen molar-refractivity contribution >= 4 is 43.7 Å². The summed E-state index contributed by atoms with van der Waals surface area (Å²) < 4.78 is 9.01. The Morgan fingerprint density at radius 2 is 0.774 bits per heavy atom. The molecule has 0 radical (unpaired) electrons. The van der Waals surface area contributed by atoms with Gasteiger partial charge in [0.15, 0.2) is 0 Å². The lowest BCUT2D eigenvalue weighted by Gasteiger charge is -2.19. The summed E-state index contributed by atoms with van der Waals surface area (Å²) >= 11 is 0. The zero-order valence-corrected chi connectivity index (χ0v) is 33.9. The van der Waals surface area contributed by atoms with E-state index in [2.05, 4.69) is 235 Å². The van der Waals surface area contributed by atoms with Crippen LogP contribution in [0.4, 0.5) is 0 Å². The normalized spacial score (nSPS) is 11.5. The zero-order chi connectivity index (χ0) is 41.0. The maximum absolute atomic E-state index is 6.56. The fourth-order valence-corrected chi connectivity index (χ4v) is 9.42. The Hall–Kier alpha value is -8.20. The highest BCUT2D eigenvalue weighted by Gasteiger charge is 2.21.